The average Bonchev–Trinajstić information content (AvgIpc) is 2.60. The Morgan fingerprint density at radius 1 is 0.815 bits per heavy atom. The quantitative estimate of drug-likeness (QED) is 0.527. The van der Waals surface area contributed by atoms with Crippen molar-refractivity contribution >= 4 is 12.9 Å². The van der Waals surface area contributed by atoms with Crippen molar-refractivity contribution in [1.29, 1.82) is 0 Å². The molecule has 27 heavy (non-hydrogen) atoms. The second-order valence-corrected chi connectivity index (χ2v) is 7.22. The zero-order valence-electron chi connectivity index (χ0n) is 13.2. The van der Waals surface area contributed by atoms with Gasteiger partial charge in [0.15, 0.2) is 6.10 Å². The Hall–Kier alpha value is -1.90. The number of halogens is 7. The van der Waals surface area contributed by atoms with Gasteiger partial charge in [-0.1, -0.05) is 48.5 Å². The normalized spacial score (nSPS) is 16.6. The summed E-state index contributed by atoms with van der Waals surface area (Å²) in [4.78, 5) is 9.92. The molecule has 0 aliphatic rings. The maximum absolute atomic E-state index is 14.3. The van der Waals surface area contributed by atoms with E-state index in [1.807, 2.05) is 0 Å². The number of benzene rings is 2. The summed E-state index contributed by atoms with van der Waals surface area (Å²) in [7, 11) is -5.17. The summed E-state index contributed by atoms with van der Waals surface area (Å²) < 4.78 is 110. The fraction of sp³-hybridized carbons (Fsp3) is 0.250. The van der Waals surface area contributed by atoms with Crippen molar-refractivity contribution in [2.45, 2.75) is 24.1 Å². The Kier molecular flexibility index (Phi) is 5.75. The van der Waals surface area contributed by atoms with Gasteiger partial charge in [-0.15, -0.1) is 0 Å². The second kappa shape index (κ2) is 7.26. The minimum atomic E-state index is -6.61. The van der Waals surface area contributed by atoms with Crippen LogP contribution in [0.2, 0.25) is 0 Å². The van der Waals surface area contributed by atoms with Gasteiger partial charge in [-0.2, -0.15) is 30.7 Å². The van der Waals surface area contributed by atoms with E-state index in [9.17, 15) is 40.2 Å². The van der Waals surface area contributed by atoms with Gasteiger partial charge in [0.25, 0.3) is 0 Å². The highest BCUT2D eigenvalue weighted by Crippen LogP contribution is 2.57. The molecule has 2 aromatic rings. The molecular formula is C16H12F7O3P. The summed E-state index contributed by atoms with van der Waals surface area (Å²) in [6.45, 7) is 0. The fourth-order valence-electron chi connectivity index (χ4n) is 2.14. The summed E-state index contributed by atoms with van der Waals surface area (Å²) in [5, 5.41) is -0.544. The highest BCUT2D eigenvalue weighted by molar-refractivity contribution is 7.61. The molecule has 2 atom stereocenters. The standard InChI is InChI=1S/C16H12F7O3P/c17-14(18,15(19,20)16(21,22)23)13(11-7-3-1-4-8-11)26-27(24,25)12-9-5-2-6-10-12/h1-10,13H,(H,24,25). The summed E-state index contributed by atoms with van der Waals surface area (Å²) in [6.07, 6.45) is -9.95. The molecule has 0 heterocycles. The molecule has 0 aliphatic heterocycles. The van der Waals surface area contributed by atoms with E-state index in [2.05, 4.69) is 4.52 Å². The molecule has 0 saturated carbocycles. The molecule has 1 N–H and O–H groups in total. The van der Waals surface area contributed by atoms with Gasteiger partial charge in [-0.3, -0.25) is 9.09 Å². The molecule has 3 nitrogen and oxygen atoms in total. The minimum absolute atomic E-state index is 0.544. The lowest BCUT2D eigenvalue weighted by Gasteiger charge is -2.34. The predicted octanol–water partition coefficient (Wildman–Crippen LogP) is 5.09. The van der Waals surface area contributed by atoms with E-state index in [0.29, 0.717) is 0 Å². The van der Waals surface area contributed by atoms with Crippen LogP contribution in [0.4, 0.5) is 30.7 Å². The third-order valence-electron chi connectivity index (χ3n) is 3.54. The van der Waals surface area contributed by atoms with E-state index in [4.69, 9.17) is 0 Å². The molecule has 2 rings (SSSR count). The molecule has 0 fully saturated rings. The predicted molar refractivity (Wildman–Crippen MR) is 82.1 cm³/mol. The van der Waals surface area contributed by atoms with E-state index in [1.54, 1.807) is 0 Å². The van der Waals surface area contributed by atoms with Gasteiger partial charge in [-0.05, 0) is 17.7 Å². The van der Waals surface area contributed by atoms with Crippen LogP contribution in [-0.2, 0) is 9.09 Å². The molecule has 0 saturated heterocycles. The van der Waals surface area contributed by atoms with Crippen molar-refractivity contribution in [1.82, 2.24) is 0 Å². The smallest absolute Gasteiger partial charge is 0.321 e. The Bertz CT molecular complexity index is 810. The Balaban J connectivity index is 2.55. The number of hydrogen-bond acceptors (Lipinski definition) is 2. The van der Waals surface area contributed by atoms with Crippen LogP contribution in [0.15, 0.2) is 60.7 Å². The molecule has 0 amide bonds. The summed E-state index contributed by atoms with van der Waals surface area (Å²) >= 11 is 0. The van der Waals surface area contributed by atoms with Gasteiger partial charge in [0.2, 0.25) is 0 Å². The van der Waals surface area contributed by atoms with Gasteiger partial charge >= 0.3 is 25.6 Å². The van der Waals surface area contributed by atoms with Gasteiger partial charge in [-0.25, -0.2) is 0 Å². The van der Waals surface area contributed by atoms with Crippen molar-refractivity contribution in [3.05, 3.63) is 66.2 Å². The summed E-state index contributed by atoms with van der Waals surface area (Å²) in [5.74, 6) is -12.4. The molecular weight excluding hydrogens is 404 g/mol. The van der Waals surface area contributed by atoms with Crippen molar-refractivity contribution in [3.8, 4) is 0 Å². The van der Waals surface area contributed by atoms with Gasteiger partial charge in [0.05, 0.1) is 5.30 Å². The van der Waals surface area contributed by atoms with Crippen molar-refractivity contribution < 1.29 is 44.7 Å². The zero-order chi connectivity index (χ0) is 20.5. The van der Waals surface area contributed by atoms with Gasteiger partial charge < -0.3 is 4.89 Å². The van der Waals surface area contributed by atoms with Crippen LogP contribution < -0.4 is 5.30 Å². The van der Waals surface area contributed by atoms with Crippen LogP contribution in [0.5, 0.6) is 0 Å². The number of hydrogen-bond donors (Lipinski definition) is 1. The van der Waals surface area contributed by atoms with E-state index < -0.39 is 42.6 Å². The van der Waals surface area contributed by atoms with Gasteiger partial charge in [0.1, 0.15) is 0 Å². The first-order chi connectivity index (χ1) is 12.3. The highest BCUT2D eigenvalue weighted by Gasteiger charge is 2.76. The summed E-state index contributed by atoms with van der Waals surface area (Å²) in [5.41, 5.74) is -0.823. The van der Waals surface area contributed by atoms with Crippen LogP contribution in [0.25, 0.3) is 0 Å². The minimum Gasteiger partial charge on any atom is -0.321 e. The molecule has 11 heteroatoms. The van der Waals surface area contributed by atoms with E-state index in [-0.39, 0.29) is 0 Å². The van der Waals surface area contributed by atoms with Crippen molar-refractivity contribution in [2.75, 3.05) is 0 Å². The van der Waals surface area contributed by atoms with Crippen LogP contribution in [0.3, 0.4) is 0 Å². The molecule has 148 valence electrons. The molecule has 0 aliphatic carbocycles. The lowest BCUT2D eigenvalue weighted by molar-refractivity contribution is -0.370. The second-order valence-electron chi connectivity index (χ2n) is 5.45. The SMILES string of the molecule is O=P(O)(OC(c1ccccc1)C(F)(F)C(F)(F)C(F)(F)F)c1ccccc1. The first-order valence-corrected chi connectivity index (χ1v) is 8.82. The topological polar surface area (TPSA) is 46.5 Å². The van der Waals surface area contributed by atoms with Crippen LogP contribution in [-0.4, -0.2) is 22.9 Å². The number of alkyl halides is 7. The van der Waals surface area contributed by atoms with Crippen LogP contribution in [0, 0.1) is 0 Å². The molecule has 0 aromatic heterocycles. The van der Waals surface area contributed by atoms with E-state index in [1.165, 1.54) is 24.3 Å². The monoisotopic (exact) mass is 416 g/mol. The maximum atomic E-state index is 14.3. The summed E-state index contributed by atoms with van der Waals surface area (Å²) in [6, 6.07) is 10.9. The van der Waals surface area contributed by atoms with Crippen molar-refractivity contribution in [3.63, 3.8) is 0 Å². The van der Waals surface area contributed by atoms with Crippen LogP contribution in [0.1, 0.15) is 11.7 Å². The third kappa shape index (κ3) is 4.17. The third-order valence-corrected chi connectivity index (χ3v) is 4.98. The van der Waals surface area contributed by atoms with E-state index in [0.717, 1.165) is 36.4 Å². The average molecular weight is 416 g/mol. The van der Waals surface area contributed by atoms with Crippen LogP contribution >= 0.6 is 7.60 Å². The molecule has 2 aromatic carbocycles. The molecule has 0 bridgehead atoms. The molecule has 2 unspecified atom stereocenters. The molecule has 0 radical (unpaired) electrons. The zero-order valence-corrected chi connectivity index (χ0v) is 14.1. The Morgan fingerprint density at radius 2 is 1.26 bits per heavy atom. The van der Waals surface area contributed by atoms with Gasteiger partial charge in [0, 0.05) is 0 Å². The Labute approximate surface area is 148 Å². The molecule has 0 spiro atoms. The largest absolute Gasteiger partial charge is 0.459 e. The maximum Gasteiger partial charge on any atom is 0.459 e. The lowest BCUT2D eigenvalue weighted by Crippen LogP contribution is -2.55. The first kappa shape index (κ1) is 21.4. The Morgan fingerprint density at radius 3 is 1.70 bits per heavy atom. The number of rotatable bonds is 6. The lowest BCUT2D eigenvalue weighted by atomic mass is 9.98. The van der Waals surface area contributed by atoms with E-state index >= 15 is 0 Å². The van der Waals surface area contributed by atoms with Crippen molar-refractivity contribution in [2.24, 2.45) is 0 Å². The highest BCUT2D eigenvalue weighted by atomic mass is 31.2. The fourth-order valence-corrected chi connectivity index (χ4v) is 3.35. The first-order valence-electron chi connectivity index (χ1n) is 7.25.